The van der Waals surface area contributed by atoms with Gasteiger partial charge in [-0.05, 0) is 29.8 Å². The van der Waals surface area contributed by atoms with Crippen LogP contribution in [-0.4, -0.2) is 36.6 Å². The smallest absolute Gasteiger partial charge is 1.00 e. The van der Waals surface area contributed by atoms with Crippen molar-refractivity contribution in [1.29, 1.82) is 0 Å². The van der Waals surface area contributed by atoms with Crippen LogP contribution >= 0.6 is 0 Å². The molecule has 0 aliphatic carbocycles. The Morgan fingerprint density at radius 3 is 2.81 bits per heavy atom. The average molecular weight is 273 g/mol. The molecule has 0 spiro atoms. The Morgan fingerprint density at radius 2 is 1.90 bits per heavy atom. The van der Waals surface area contributed by atoms with E-state index in [1.165, 1.54) is 22.5 Å². The quantitative estimate of drug-likeness (QED) is 0.609. The first kappa shape index (κ1) is 14.7. The summed E-state index contributed by atoms with van der Waals surface area (Å²) in [6, 6.07) is 13.6. The number of rotatable bonds is 0. The molecule has 1 atom stereocenters. The van der Waals surface area contributed by atoms with E-state index in [4.69, 9.17) is 0 Å². The zero-order valence-corrected chi connectivity index (χ0v) is 12.8. The predicted molar refractivity (Wildman–Crippen MR) is 82.2 cm³/mol. The fraction of sp³-hybridized carbons (Fsp3) is 0.353. The van der Waals surface area contributed by atoms with Crippen molar-refractivity contribution in [2.45, 2.75) is 12.5 Å². The monoisotopic (exact) mass is 273 g/mol. The zero-order chi connectivity index (χ0) is 13.5. The summed E-state index contributed by atoms with van der Waals surface area (Å²) in [4.78, 5) is 9.60. The summed E-state index contributed by atoms with van der Waals surface area (Å²) in [6.07, 6.45) is 2.92. The van der Waals surface area contributed by atoms with E-state index < -0.39 is 0 Å². The minimum absolute atomic E-state index is 0. The first-order valence-corrected chi connectivity index (χ1v) is 7.30. The molecule has 0 bridgehead atoms. The molecule has 4 rings (SSSR count). The second kappa shape index (κ2) is 5.85. The van der Waals surface area contributed by atoms with Gasteiger partial charge in [-0.15, -0.1) is 0 Å². The number of hydrogen-bond donors (Lipinski definition) is 0. The molecular weight excluding hydrogens is 253 g/mol. The molecule has 1 fully saturated rings. The van der Waals surface area contributed by atoms with Crippen LogP contribution in [0.5, 0.6) is 0 Å². The van der Waals surface area contributed by atoms with Crippen molar-refractivity contribution >= 4 is 5.82 Å². The fourth-order valence-corrected chi connectivity index (χ4v) is 3.49. The van der Waals surface area contributed by atoms with Gasteiger partial charge in [0.25, 0.3) is 0 Å². The van der Waals surface area contributed by atoms with E-state index in [1.807, 2.05) is 6.20 Å². The van der Waals surface area contributed by atoms with Gasteiger partial charge in [0.2, 0.25) is 0 Å². The van der Waals surface area contributed by atoms with Crippen LogP contribution in [0, 0.1) is 0 Å². The Morgan fingerprint density at radius 1 is 1.10 bits per heavy atom. The van der Waals surface area contributed by atoms with Crippen LogP contribution in [-0.2, 0) is 6.42 Å². The van der Waals surface area contributed by atoms with Crippen LogP contribution in [0.25, 0.3) is 0 Å². The van der Waals surface area contributed by atoms with Crippen LogP contribution in [0.1, 0.15) is 24.2 Å². The van der Waals surface area contributed by atoms with E-state index in [9.17, 15) is 0 Å². The minimum atomic E-state index is 0. The summed E-state index contributed by atoms with van der Waals surface area (Å²) >= 11 is 0. The molecule has 0 radical (unpaired) electrons. The Kier molecular flexibility index (Phi) is 4.08. The molecule has 21 heavy (non-hydrogen) atoms. The Labute approximate surface area is 139 Å². The molecule has 0 N–H and O–H groups in total. The summed E-state index contributed by atoms with van der Waals surface area (Å²) in [6.45, 7) is 3.24. The predicted octanol–water partition coefficient (Wildman–Crippen LogP) is -0.405. The molecule has 1 saturated heterocycles. The zero-order valence-electron chi connectivity index (χ0n) is 13.8. The molecule has 104 valence electrons. The molecule has 2 aromatic rings. The number of pyridine rings is 1. The second-order valence-electron chi connectivity index (χ2n) is 5.83. The Bertz CT molecular complexity index is 649. The van der Waals surface area contributed by atoms with Crippen molar-refractivity contribution in [2.24, 2.45) is 0 Å². The van der Waals surface area contributed by atoms with Gasteiger partial charge < -0.3 is 11.2 Å². The number of likely N-dealkylation sites (N-methyl/N-ethyl adjacent to an activating group) is 1. The maximum atomic E-state index is 4.68. The van der Waals surface area contributed by atoms with Gasteiger partial charge in [0, 0.05) is 32.3 Å². The maximum absolute atomic E-state index is 4.68. The maximum Gasteiger partial charge on any atom is 1.00 e. The third-order valence-electron chi connectivity index (χ3n) is 4.52. The number of anilines is 1. The van der Waals surface area contributed by atoms with Crippen LogP contribution < -0.4 is 23.8 Å². The molecule has 4 heteroatoms. The fourth-order valence-electron chi connectivity index (χ4n) is 3.49. The van der Waals surface area contributed by atoms with E-state index in [0.29, 0.717) is 6.04 Å². The van der Waals surface area contributed by atoms with Gasteiger partial charge in [0.05, 0.1) is 6.04 Å². The van der Waals surface area contributed by atoms with Gasteiger partial charge >= 0.3 is 18.9 Å². The number of benzene rings is 1. The van der Waals surface area contributed by atoms with Crippen LogP contribution in [0.2, 0.25) is 0 Å². The standard InChI is InChI=1S/C17H19N3.Li.H/c1-19-9-10-20-16(12-19)15-7-3-2-5-13(15)11-14-6-4-8-18-17(14)20;;/h2-8,16H,9-12H2,1H3;;/q;+1;-1. The van der Waals surface area contributed by atoms with Crippen LogP contribution in [0.4, 0.5) is 5.82 Å². The van der Waals surface area contributed by atoms with Crippen molar-refractivity contribution in [3.05, 3.63) is 59.3 Å². The Balaban J connectivity index is 0.000000882. The van der Waals surface area contributed by atoms with E-state index >= 15 is 0 Å². The van der Waals surface area contributed by atoms with Crippen molar-refractivity contribution < 1.29 is 20.3 Å². The summed E-state index contributed by atoms with van der Waals surface area (Å²) in [5.41, 5.74) is 4.27. The normalized spacial score (nSPS) is 20.6. The molecule has 3 heterocycles. The molecule has 3 nitrogen and oxygen atoms in total. The van der Waals surface area contributed by atoms with Crippen molar-refractivity contribution in [2.75, 3.05) is 31.6 Å². The van der Waals surface area contributed by atoms with Crippen molar-refractivity contribution in [3.8, 4) is 0 Å². The third kappa shape index (κ3) is 2.51. The molecule has 0 amide bonds. The average Bonchev–Trinajstić information content (AvgIpc) is 2.61. The van der Waals surface area contributed by atoms with Crippen molar-refractivity contribution in [1.82, 2.24) is 9.88 Å². The molecule has 2 aliphatic rings. The summed E-state index contributed by atoms with van der Waals surface area (Å²) in [5, 5.41) is 0. The molecule has 2 aliphatic heterocycles. The van der Waals surface area contributed by atoms with Gasteiger partial charge in [-0.25, -0.2) is 4.98 Å². The summed E-state index contributed by atoms with van der Waals surface area (Å²) in [7, 11) is 2.21. The first-order valence-electron chi connectivity index (χ1n) is 7.30. The summed E-state index contributed by atoms with van der Waals surface area (Å²) in [5.74, 6) is 1.18. The van der Waals surface area contributed by atoms with Gasteiger partial charge in [0.1, 0.15) is 5.82 Å². The second-order valence-corrected chi connectivity index (χ2v) is 5.83. The number of aromatic nitrogens is 1. The minimum Gasteiger partial charge on any atom is -1.00 e. The third-order valence-corrected chi connectivity index (χ3v) is 4.52. The topological polar surface area (TPSA) is 19.4 Å². The van der Waals surface area contributed by atoms with Crippen LogP contribution in [0.3, 0.4) is 0 Å². The van der Waals surface area contributed by atoms with Gasteiger partial charge in [-0.2, -0.15) is 0 Å². The number of fused-ring (bicyclic) bond motifs is 5. The van der Waals surface area contributed by atoms with E-state index in [1.54, 1.807) is 0 Å². The summed E-state index contributed by atoms with van der Waals surface area (Å²) < 4.78 is 0. The van der Waals surface area contributed by atoms with Gasteiger partial charge in [-0.3, -0.25) is 0 Å². The van der Waals surface area contributed by atoms with Gasteiger partial charge in [-0.1, -0.05) is 30.3 Å². The number of hydrogen-bond acceptors (Lipinski definition) is 3. The molecule has 1 unspecified atom stereocenters. The van der Waals surface area contributed by atoms with Gasteiger partial charge in [0.15, 0.2) is 0 Å². The van der Waals surface area contributed by atoms with E-state index in [2.05, 4.69) is 58.2 Å². The molecular formula is C17H20LiN3. The van der Waals surface area contributed by atoms with E-state index in [-0.39, 0.29) is 20.3 Å². The van der Waals surface area contributed by atoms with Crippen molar-refractivity contribution in [3.63, 3.8) is 0 Å². The first-order chi connectivity index (χ1) is 9.83. The molecule has 1 aromatic carbocycles. The number of nitrogens with zero attached hydrogens (tertiary/aromatic N) is 3. The Hall–Kier alpha value is -1.27. The van der Waals surface area contributed by atoms with Crippen LogP contribution in [0.15, 0.2) is 42.6 Å². The number of piperazine rings is 1. The molecule has 1 aromatic heterocycles. The SMILES string of the molecule is CN1CCN2c3ncccc3Cc3ccccc3C2C1.[H-].[Li+]. The van der Waals surface area contributed by atoms with E-state index in [0.717, 1.165) is 26.1 Å². The molecule has 0 saturated carbocycles. The largest absolute Gasteiger partial charge is 1.00 e.